The van der Waals surface area contributed by atoms with E-state index >= 15 is 0 Å². The van der Waals surface area contributed by atoms with Crippen LogP contribution in [-0.4, -0.2) is 19.9 Å². The van der Waals surface area contributed by atoms with Gasteiger partial charge in [0.15, 0.2) is 11.5 Å². The van der Waals surface area contributed by atoms with Crippen molar-refractivity contribution in [2.75, 3.05) is 19.2 Å². The average Bonchev–Trinajstić information content (AvgIpc) is 3.35. The second-order valence-corrected chi connectivity index (χ2v) is 8.00. The summed E-state index contributed by atoms with van der Waals surface area (Å²) in [7, 11) is 3.32. The van der Waals surface area contributed by atoms with Crippen LogP contribution in [0.3, 0.4) is 0 Å². The Morgan fingerprint density at radius 2 is 1.27 bits per heavy atom. The summed E-state index contributed by atoms with van der Waals surface area (Å²) in [6, 6.07) is 35.6. The lowest BCUT2D eigenvalue weighted by Gasteiger charge is -2.24. The van der Waals surface area contributed by atoms with Crippen molar-refractivity contribution in [2.24, 2.45) is 5.10 Å². The minimum Gasteiger partial charge on any atom is -0.493 e. The SMILES string of the molecule is COc1ccc(C2CC(c3ccc(-c4ccccc4)cc3)=NN2c2ccccc2)cc1OC. The third-order valence-corrected chi connectivity index (χ3v) is 6.05. The molecule has 0 radical (unpaired) electrons. The van der Waals surface area contributed by atoms with Gasteiger partial charge < -0.3 is 9.47 Å². The summed E-state index contributed by atoms with van der Waals surface area (Å²) in [6.45, 7) is 0. The molecule has 4 nitrogen and oxygen atoms in total. The van der Waals surface area contributed by atoms with Gasteiger partial charge in [0.05, 0.1) is 31.7 Å². The highest BCUT2D eigenvalue weighted by molar-refractivity contribution is 6.03. The molecular weight excluding hydrogens is 408 g/mol. The van der Waals surface area contributed by atoms with Gasteiger partial charge in [0.1, 0.15) is 0 Å². The highest BCUT2D eigenvalue weighted by Crippen LogP contribution is 2.39. The molecule has 0 saturated carbocycles. The van der Waals surface area contributed by atoms with E-state index < -0.39 is 0 Å². The number of hydrogen-bond donors (Lipinski definition) is 0. The highest BCUT2D eigenvalue weighted by atomic mass is 16.5. The van der Waals surface area contributed by atoms with E-state index in [0.29, 0.717) is 0 Å². The lowest BCUT2D eigenvalue weighted by Crippen LogP contribution is -2.18. The Hall–Kier alpha value is -4.05. The molecule has 4 heteroatoms. The minimum absolute atomic E-state index is 0.0657. The number of nitrogens with zero attached hydrogens (tertiary/aromatic N) is 2. The predicted molar refractivity (Wildman–Crippen MR) is 134 cm³/mol. The van der Waals surface area contributed by atoms with Gasteiger partial charge >= 0.3 is 0 Å². The molecule has 1 unspecified atom stereocenters. The molecule has 0 N–H and O–H groups in total. The first kappa shape index (κ1) is 20.8. The number of para-hydroxylation sites is 1. The third kappa shape index (κ3) is 4.20. The van der Waals surface area contributed by atoms with Crippen LogP contribution in [0.15, 0.2) is 108 Å². The second-order valence-electron chi connectivity index (χ2n) is 8.00. The van der Waals surface area contributed by atoms with Crippen molar-refractivity contribution in [1.82, 2.24) is 0 Å². The summed E-state index contributed by atoms with van der Waals surface area (Å²) in [4.78, 5) is 0. The van der Waals surface area contributed by atoms with Crippen LogP contribution in [0.1, 0.15) is 23.6 Å². The van der Waals surface area contributed by atoms with Crippen molar-refractivity contribution >= 4 is 11.4 Å². The molecule has 4 aromatic rings. The first-order valence-corrected chi connectivity index (χ1v) is 11.1. The molecule has 0 spiro atoms. The number of hydrazone groups is 1. The molecule has 0 fully saturated rings. The quantitative estimate of drug-likeness (QED) is 0.337. The van der Waals surface area contributed by atoms with E-state index in [-0.39, 0.29) is 6.04 Å². The summed E-state index contributed by atoms with van der Waals surface area (Å²) < 4.78 is 11.0. The summed E-state index contributed by atoms with van der Waals surface area (Å²) in [6.07, 6.45) is 0.801. The maximum atomic E-state index is 5.56. The van der Waals surface area contributed by atoms with Gasteiger partial charge in [-0.3, -0.25) is 5.01 Å². The van der Waals surface area contributed by atoms with Gasteiger partial charge in [-0.15, -0.1) is 0 Å². The van der Waals surface area contributed by atoms with E-state index in [1.807, 2.05) is 30.3 Å². The molecular formula is C29H26N2O2. The number of ether oxygens (including phenoxy) is 2. The van der Waals surface area contributed by atoms with E-state index in [4.69, 9.17) is 14.6 Å². The number of hydrogen-bond acceptors (Lipinski definition) is 4. The Morgan fingerprint density at radius 1 is 0.667 bits per heavy atom. The Kier molecular flexibility index (Phi) is 5.81. The molecule has 33 heavy (non-hydrogen) atoms. The smallest absolute Gasteiger partial charge is 0.161 e. The fraction of sp³-hybridized carbons (Fsp3) is 0.138. The van der Waals surface area contributed by atoms with Crippen LogP contribution in [0, 0.1) is 0 Å². The first-order valence-electron chi connectivity index (χ1n) is 11.1. The standard InChI is InChI=1S/C29H26N2O2/c1-32-28-18-17-24(19-29(28)33-2)27-20-26(30-31(27)25-11-7-4-8-12-25)23-15-13-22(14-16-23)21-9-5-3-6-10-21/h3-19,27H,20H2,1-2H3. The average molecular weight is 435 g/mol. The maximum absolute atomic E-state index is 5.56. The molecule has 0 saturated heterocycles. The number of methoxy groups -OCH3 is 2. The zero-order chi connectivity index (χ0) is 22.6. The molecule has 0 aromatic heterocycles. The fourth-order valence-corrected chi connectivity index (χ4v) is 4.31. The van der Waals surface area contributed by atoms with Crippen LogP contribution < -0.4 is 14.5 Å². The number of anilines is 1. The van der Waals surface area contributed by atoms with Crippen LogP contribution in [0.5, 0.6) is 11.5 Å². The molecule has 1 aliphatic rings. The molecule has 5 rings (SSSR count). The van der Waals surface area contributed by atoms with Crippen molar-refractivity contribution < 1.29 is 9.47 Å². The zero-order valence-corrected chi connectivity index (χ0v) is 18.8. The molecule has 1 atom stereocenters. The van der Waals surface area contributed by atoms with Gasteiger partial charge in [-0.2, -0.15) is 5.10 Å². The van der Waals surface area contributed by atoms with Crippen LogP contribution in [0.25, 0.3) is 11.1 Å². The Morgan fingerprint density at radius 3 is 1.94 bits per heavy atom. The van der Waals surface area contributed by atoms with E-state index in [0.717, 1.165) is 40.4 Å². The molecule has 4 aromatic carbocycles. The Labute approximate surface area is 194 Å². The number of benzene rings is 4. The lowest BCUT2D eigenvalue weighted by molar-refractivity contribution is 0.354. The van der Waals surface area contributed by atoms with Crippen LogP contribution in [-0.2, 0) is 0 Å². The fourth-order valence-electron chi connectivity index (χ4n) is 4.31. The van der Waals surface area contributed by atoms with Gasteiger partial charge in [-0.1, -0.05) is 78.9 Å². The first-order chi connectivity index (χ1) is 16.3. The zero-order valence-electron chi connectivity index (χ0n) is 18.8. The summed E-state index contributed by atoms with van der Waals surface area (Å²) in [5, 5.41) is 7.18. The van der Waals surface area contributed by atoms with E-state index in [1.54, 1.807) is 14.2 Å². The van der Waals surface area contributed by atoms with E-state index in [1.165, 1.54) is 11.1 Å². The van der Waals surface area contributed by atoms with Crippen molar-refractivity contribution in [3.8, 4) is 22.6 Å². The predicted octanol–water partition coefficient (Wildman–Crippen LogP) is 6.73. The Bertz CT molecular complexity index is 1250. The second kappa shape index (κ2) is 9.21. The monoisotopic (exact) mass is 434 g/mol. The van der Waals surface area contributed by atoms with Gasteiger partial charge in [0.25, 0.3) is 0 Å². The maximum Gasteiger partial charge on any atom is 0.161 e. The molecule has 0 bridgehead atoms. The van der Waals surface area contributed by atoms with Crippen LogP contribution in [0.2, 0.25) is 0 Å². The van der Waals surface area contributed by atoms with Crippen LogP contribution >= 0.6 is 0 Å². The van der Waals surface area contributed by atoms with Crippen LogP contribution in [0.4, 0.5) is 5.69 Å². The Balaban J connectivity index is 1.49. The summed E-state index contributed by atoms with van der Waals surface area (Å²) in [5.41, 5.74) is 6.82. The summed E-state index contributed by atoms with van der Waals surface area (Å²) >= 11 is 0. The normalized spacial score (nSPS) is 15.3. The van der Waals surface area contributed by atoms with Crippen molar-refractivity contribution in [3.05, 3.63) is 114 Å². The van der Waals surface area contributed by atoms with Gasteiger partial charge in [-0.05, 0) is 46.5 Å². The highest BCUT2D eigenvalue weighted by Gasteiger charge is 2.30. The lowest BCUT2D eigenvalue weighted by atomic mass is 9.96. The van der Waals surface area contributed by atoms with E-state index in [2.05, 4.69) is 77.8 Å². The van der Waals surface area contributed by atoms with Gasteiger partial charge in [0.2, 0.25) is 0 Å². The molecule has 164 valence electrons. The summed E-state index contributed by atoms with van der Waals surface area (Å²) in [5.74, 6) is 1.45. The molecule has 0 aliphatic carbocycles. The van der Waals surface area contributed by atoms with Gasteiger partial charge in [-0.25, -0.2) is 0 Å². The van der Waals surface area contributed by atoms with Gasteiger partial charge in [0, 0.05) is 6.42 Å². The van der Waals surface area contributed by atoms with Crippen molar-refractivity contribution in [2.45, 2.75) is 12.5 Å². The number of rotatable bonds is 6. The van der Waals surface area contributed by atoms with E-state index in [9.17, 15) is 0 Å². The molecule has 1 aliphatic heterocycles. The largest absolute Gasteiger partial charge is 0.493 e. The minimum atomic E-state index is 0.0657. The topological polar surface area (TPSA) is 34.1 Å². The third-order valence-electron chi connectivity index (χ3n) is 6.05. The van der Waals surface area contributed by atoms with Crippen molar-refractivity contribution in [3.63, 3.8) is 0 Å². The van der Waals surface area contributed by atoms with Crippen molar-refractivity contribution in [1.29, 1.82) is 0 Å². The molecule has 1 heterocycles. The molecule has 0 amide bonds.